The summed E-state index contributed by atoms with van der Waals surface area (Å²) in [5.41, 5.74) is -0.923. The highest BCUT2D eigenvalue weighted by molar-refractivity contribution is 9.11. The molecule has 2 rings (SSSR count). The van der Waals surface area contributed by atoms with Crippen LogP contribution < -0.4 is 5.32 Å². The average Bonchev–Trinajstić information content (AvgIpc) is 2.77. The molecule has 1 fully saturated rings. The molecular formula is C12H17BrN2O2SSi. The first-order valence-corrected chi connectivity index (χ1v) is 11.3. The largest absolute Gasteiger partial charge is 0.325 e. The fourth-order valence-electron chi connectivity index (χ4n) is 2.06. The Labute approximate surface area is 126 Å². The van der Waals surface area contributed by atoms with E-state index in [2.05, 4.69) is 40.9 Å². The summed E-state index contributed by atoms with van der Waals surface area (Å²) in [4.78, 5) is 26.9. The molecule has 104 valence electrons. The van der Waals surface area contributed by atoms with Gasteiger partial charge in [-0.3, -0.25) is 9.69 Å². The second-order valence-corrected chi connectivity index (χ2v) is 14.0. The van der Waals surface area contributed by atoms with Crippen LogP contribution in [0.25, 0.3) is 0 Å². The lowest BCUT2D eigenvalue weighted by Crippen LogP contribution is -2.45. The molecule has 0 saturated carbocycles. The first-order chi connectivity index (χ1) is 8.63. The van der Waals surface area contributed by atoms with Crippen LogP contribution in [0.2, 0.25) is 19.6 Å². The topological polar surface area (TPSA) is 49.4 Å². The second kappa shape index (κ2) is 4.71. The van der Waals surface area contributed by atoms with Crippen LogP contribution in [0.15, 0.2) is 15.9 Å². The molecule has 1 N–H and O–H groups in total. The predicted molar refractivity (Wildman–Crippen MR) is 83.0 cm³/mol. The first kappa shape index (κ1) is 14.7. The fraction of sp³-hybridized carbons (Fsp3) is 0.500. The van der Waals surface area contributed by atoms with Gasteiger partial charge in [-0.15, -0.1) is 11.3 Å². The van der Waals surface area contributed by atoms with Gasteiger partial charge >= 0.3 is 6.03 Å². The summed E-state index contributed by atoms with van der Waals surface area (Å²) in [5.74, 6) is -0.144. The number of imide groups is 1. The highest BCUT2D eigenvalue weighted by Gasteiger charge is 2.50. The van der Waals surface area contributed by atoms with Crippen molar-refractivity contribution in [3.05, 3.63) is 20.8 Å². The van der Waals surface area contributed by atoms with Crippen LogP contribution in [-0.4, -0.2) is 31.1 Å². The van der Waals surface area contributed by atoms with E-state index in [1.165, 1.54) is 16.2 Å². The third-order valence-corrected chi connectivity index (χ3v) is 6.08. The summed E-state index contributed by atoms with van der Waals surface area (Å²) in [6.07, 6.45) is 0.555. The number of hydrogen-bond donors (Lipinski definition) is 1. The molecule has 1 unspecified atom stereocenters. The Bertz CT molecular complexity index is 540. The molecule has 1 aromatic rings. The van der Waals surface area contributed by atoms with Gasteiger partial charge in [0.15, 0.2) is 5.54 Å². The lowest BCUT2D eigenvalue weighted by Gasteiger charge is -2.24. The van der Waals surface area contributed by atoms with E-state index in [4.69, 9.17) is 0 Å². The zero-order valence-corrected chi connectivity index (χ0v) is 14.8. The van der Waals surface area contributed by atoms with Gasteiger partial charge in [-0.05, 0) is 35.0 Å². The lowest BCUT2D eigenvalue weighted by molar-refractivity contribution is -0.130. The molecule has 0 spiro atoms. The number of amides is 3. The van der Waals surface area contributed by atoms with E-state index in [0.717, 1.165) is 8.66 Å². The SMILES string of the molecule is CC1(c2ccc(Br)s2)NC(=O)N(C[Si](C)(C)C)C1=O. The van der Waals surface area contributed by atoms with E-state index in [-0.39, 0.29) is 11.9 Å². The third-order valence-electron chi connectivity index (χ3n) is 2.97. The maximum absolute atomic E-state index is 12.6. The minimum atomic E-state index is -1.53. The molecule has 0 aliphatic carbocycles. The van der Waals surface area contributed by atoms with Crippen molar-refractivity contribution in [2.45, 2.75) is 32.1 Å². The Morgan fingerprint density at radius 3 is 2.47 bits per heavy atom. The van der Waals surface area contributed by atoms with Crippen LogP contribution in [0.4, 0.5) is 4.79 Å². The van der Waals surface area contributed by atoms with Crippen LogP contribution in [0.1, 0.15) is 11.8 Å². The van der Waals surface area contributed by atoms with Gasteiger partial charge in [-0.1, -0.05) is 19.6 Å². The van der Waals surface area contributed by atoms with Crippen molar-refractivity contribution < 1.29 is 9.59 Å². The van der Waals surface area contributed by atoms with Crippen molar-refractivity contribution in [1.29, 1.82) is 0 Å². The predicted octanol–water partition coefficient (Wildman–Crippen LogP) is 3.16. The number of halogens is 1. The number of nitrogens with zero attached hydrogens (tertiary/aromatic N) is 1. The molecule has 0 radical (unpaired) electrons. The number of hydrogen-bond acceptors (Lipinski definition) is 3. The third kappa shape index (κ3) is 2.77. The molecule has 1 aliphatic rings. The van der Waals surface area contributed by atoms with Gasteiger partial charge in [0.05, 0.1) is 11.9 Å². The van der Waals surface area contributed by atoms with E-state index in [1.807, 2.05) is 12.1 Å². The molecule has 0 aromatic carbocycles. The number of rotatable bonds is 3. The summed E-state index contributed by atoms with van der Waals surface area (Å²) < 4.78 is 0.953. The maximum atomic E-state index is 12.6. The Morgan fingerprint density at radius 1 is 1.37 bits per heavy atom. The van der Waals surface area contributed by atoms with Crippen molar-refractivity contribution in [1.82, 2.24) is 10.2 Å². The van der Waals surface area contributed by atoms with Gasteiger partial charge in [-0.2, -0.15) is 0 Å². The van der Waals surface area contributed by atoms with Crippen molar-refractivity contribution in [3.63, 3.8) is 0 Å². The van der Waals surface area contributed by atoms with E-state index in [9.17, 15) is 9.59 Å². The Morgan fingerprint density at radius 2 is 2.00 bits per heavy atom. The van der Waals surface area contributed by atoms with Gasteiger partial charge in [0.25, 0.3) is 5.91 Å². The van der Waals surface area contributed by atoms with Gasteiger partial charge < -0.3 is 5.32 Å². The number of carbonyl (C=O) groups is 2. The summed E-state index contributed by atoms with van der Waals surface area (Å²) in [5, 5.41) is 2.83. The van der Waals surface area contributed by atoms with Crippen LogP contribution in [0.5, 0.6) is 0 Å². The van der Waals surface area contributed by atoms with Crippen molar-refractivity contribution in [2.24, 2.45) is 0 Å². The highest BCUT2D eigenvalue weighted by atomic mass is 79.9. The molecule has 1 saturated heterocycles. The molecule has 1 aromatic heterocycles. The zero-order chi connectivity index (χ0) is 14.4. The van der Waals surface area contributed by atoms with Gasteiger partial charge in [0.2, 0.25) is 0 Å². The molecule has 1 atom stereocenters. The lowest BCUT2D eigenvalue weighted by atomic mass is 10.0. The van der Waals surface area contributed by atoms with Crippen LogP contribution in [0, 0.1) is 0 Å². The molecule has 7 heteroatoms. The molecule has 0 bridgehead atoms. The molecule has 3 amide bonds. The minimum absolute atomic E-state index is 0.144. The van der Waals surface area contributed by atoms with Gasteiger partial charge in [0.1, 0.15) is 0 Å². The van der Waals surface area contributed by atoms with Gasteiger partial charge in [0, 0.05) is 11.0 Å². The fourth-order valence-corrected chi connectivity index (χ4v) is 4.78. The first-order valence-electron chi connectivity index (χ1n) is 6.03. The Hall–Kier alpha value is -0.663. The Balaban J connectivity index is 2.31. The second-order valence-electron chi connectivity index (χ2n) is 6.11. The van der Waals surface area contributed by atoms with Crippen LogP contribution >= 0.6 is 27.3 Å². The van der Waals surface area contributed by atoms with E-state index in [1.54, 1.807) is 6.92 Å². The zero-order valence-electron chi connectivity index (χ0n) is 11.4. The van der Waals surface area contributed by atoms with Crippen molar-refractivity contribution >= 4 is 47.3 Å². The number of urea groups is 1. The molecule has 1 aliphatic heterocycles. The standard InChI is InChI=1S/C12H17BrN2O2SSi/c1-12(8-5-6-9(13)18-8)10(16)15(11(17)14-12)7-19(2,3)4/h5-6H,7H2,1-4H3,(H,14,17). The number of carbonyl (C=O) groups excluding carboxylic acids is 2. The monoisotopic (exact) mass is 360 g/mol. The van der Waals surface area contributed by atoms with Crippen LogP contribution in [-0.2, 0) is 10.3 Å². The quantitative estimate of drug-likeness (QED) is 0.664. The van der Waals surface area contributed by atoms with E-state index >= 15 is 0 Å². The summed E-state index contributed by atoms with van der Waals surface area (Å²) in [6.45, 7) is 8.20. The molecule has 2 heterocycles. The summed E-state index contributed by atoms with van der Waals surface area (Å²) in [6, 6.07) is 3.50. The van der Waals surface area contributed by atoms with Gasteiger partial charge in [-0.25, -0.2) is 4.79 Å². The van der Waals surface area contributed by atoms with E-state index < -0.39 is 13.6 Å². The normalized spacial score (nSPS) is 23.9. The summed E-state index contributed by atoms with van der Waals surface area (Å²) in [7, 11) is -1.53. The van der Waals surface area contributed by atoms with Crippen molar-refractivity contribution in [3.8, 4) is 0 Å². The molecular weight excluding hydrogens is 344 g/mol. The number of nitrogens with one attached hydrogen (secondary N) is 1. The average molecular weight is 361 g/mol. The van der Waals surface area contributed by atoms with E-state index in [0.29, 0.717) is 6.17 Å². The molecule has 19 heavy (non-hydrogen) atoms. The minimum Gasteiger partial charge on any atom is -0.319 e. The van der Waals surface area contributed by atoms with Crippen LogP contribution in [0.3, 0.4) is 0 Å². The molecule has 4 nitrogen and oxygen atoms in total. The highest BCUT2D eigenvalue weighted by Crippen LogP contribution is 2.35. The summed E-state index contributed by atoms with van der Waals surface area (Å²) >= 11 is 4.87. The van der Waals surface area contributed by atoms with Crippen molar-refractivity contribution in [2.75, 3.05) is 6.17 Å². The Kier molecular flexibility index (Phi) is 3.66. The number of thiophene rings is 1. The maximum Gasteiger partial charge on any atom is 0.325 e. The smallest absolute Gasteiger partial charge is 0.319 e.